The zero-order valence-electron chi connectivity index (χ0n) is 22.2. The van der Waals surface area contributed by atoms with E-state index in [1.54, 1.807) is 0 Å². The topological polar surface area (TPSA) is 48.8 Å². The number of pyridine rings is 1. The van der Waals surface area contributed by atoms with E-state index in [0.717, 1.165) is 50.2 Å². The van der Waals surface area contributed by atoms with Crippen molar-refractivity contribution in [3.8, 4) is 23.0 Å². The van der Waals surface area contributed by atoms with Crippen LogP contribution in [-0.4, -0.2) is 19.1 Å². The van der Waals surface area contributed by atoms with Crippen LogP contribution < -0.4 is 0 Å². The number of hydrogen-bond donors (Lipinski definition) is 0. The van der Waals surface area contributed by atoms with Crippen LogP contribution in [0.5, 0.6) is 0 Å². The van der Waals surface area contributed by atoms with E-state index < -0.39 is 0 Å². The molecule has 0 saturated carbocycles. The molecule has 0 aliphatic carbocycles. The van der Waals surface area contributed by atoms with Gasteiger partial charge in [0.05, 0.1) is 22.1 Å². The molecule has 202 valence electrons. The van der Waals surface area contributed by atoms with E-state index in [0.29, 0.717) is 5.89 Å². The summed E-state index contributed by atoms with van der Waals surface area (Å²) in [5.74, 6) is 1.52. The molecular formula is C36H22N4OPt. The van der Waals surface area contributed by atoms with Crippen molar-refractivity contribution >= 4 is 54.7 Å². The minimum atomic E-state index is 0. The molecule has 0 radical (unpaired) electrons. The standard InChI is InChI=1S/C36H22N4O.Pt/c1-4-12-30-25(9-1)27-18-16-23(36-38-29-11-3-6-14-34(29)41-36)21-32(27)39(30)24-17-19-28-26-10-2-5-13-31(26)40(33(28)22-24)35-15-7-8-20-37-35;/h1-22H;. The van der Waals surface area contributed by atoms with Crippen molar-refractivity contribution < 1.29 is 25.5 Å². The molecule has 5 aromatic carbocycles. The molecule has 0 fully saturated rings. The molecule has 4 aromatic heterocycles. The van der Waals surface area contributed by atoms with Gasteiger partial charge in [-0.1, -0.05) is 66.7 Å². The molecule has 0 aliphatic heterocycles. The summed E-state index contributed by atoms with van der Waals surface area (Å²) in [6, 6.07) is 44.3. The minimum absolute atomic E-state index is 0. The summed E-state index contributed by atoms with van der Waals surface area (Å²) < 4.78 is 10.7. The van der Waals surface area contributed by atoms with E-state index in [1.807, 2.05) is 42.6 Å². The predicted molar refractivity (Wildman–Crippen MR) is 166 cm³/mol. The van der Waals surface area contributed by atoms with Gasteiger partial charge in [0.1, 0.15) is 11.3 Å². The molecule has 0 atom stereocenters. The first-order chi connectivity index (χ1) is 20.3. The van der Waals surface area contributed by atoms with Gasteiger partial charge in [0.25, 0.3) is 0 Å². The van der Waals surface area contributed by atoms with E-state index in [1.165, 1.54) is 21.5 Å². The maximum atomic E-state index is 6.15. The third-order valence-electron chi connectivity index (χ3n) is 8.01. The van der Waals surface area contributed by atoms with E-state index in [2.05, 4.69) is 100 Å². The third-order valence-corrected chi connectivity index (χ3v) is 8.01. The first-order valence-corrected chi connectivity index (χ1v) is 13.7. The van der Waals surface area contributed by atoms with Crippen LogP contribution in [0.3, 0.4) is 0 Å². The maximum Gasteiger partial charge on any atom is 0.227 e. The van der Waals surface area contributed by atoms with Crippen molar-refractivity contribution in [3.63, 3.8) is 0 Å². The van der Waals surface area contributed by atoms with Crippen LogP contribution in [-0.2, 0) is 21.1 Å². The monoisotopic (exact) mass is 721 g/mol. The molecule has 0 saturated heterocycles. The van der Waals surface area contributed by atoms with E-state index in [4.69, 9.17) is 14.4 Å². The Hall–Kier alpha value is -4.99. The van der Waals surface area contributed by atoms with Gasteiger partial charge >= 0.3 is 0 Å². The van der Waals surface area contributed by atoms with Gasteiger partial charge in [0.2, 0.25) is 5.89 Å². The minimum Gasteiger partial charge on any atom is -0.436 e. The van der Waals surface area contributed by atoms with Crippen LogP contribution in [0.15, 0.2) is 138 Å². The molecule has 6 heteroatoms. The van der Waals surface area contributed by atoms with Gasteiger partial charge in [-0.25, -0.2) is 9.97 Å². The smallest absolute Gasteiger partial charge is 0.227 e. The van der Waals surface area contributed by atoms with Crippen LogP contribution in [0, 0.1) is 0 Å². The van der Waals surface area contributed by atoms with Gasteiger partial charge in [-0.2, -0.15) is 0 Å². The Labute approximate surface area is 254 Å². The zero-order valence-corrected chi connectivity index (χ0v) is 24.5. The molecule has 5 nitrogen and oxygen atoms in total. The van der Waals surface area contributed by atoms with Crippen LogP contribution in [0.2, 0.25) is 0 Å². The van der Waals surface area contributed by atoms with Gasteiger partial charge in [-0.05, 0) is 60.7 Å². The summed E-state index contributed by atoms with van der Waals surface area (Å²) in [6.07, 6.45) is 1.85. The van der Waals surface area contributed by atoms with Crippen molar-refractivity contribution in [2.45, 2.75) is 0 Å². The molecule has 0 aliphatic rings. The summed E-state index contributed by atoms with van der Waals surface area (Å²) in [4.78, 5) is 9.49. The quantitative estimate of drug-likeness (QED) is 0.183. The van der Waals surface area contributed by atoms with Gasteiger partial charge in [0.15, 0.2) is 5.58 Å². The Morgan fingerprint density at radius 3 is 1.93 bits per heavy atom. The molecule has 9 rings (SSSR count). The number of benzene rings is 5. The van der Waals surface area contributed by atoms with E-state index >= 15 is 0 Å². The van der Waals surface area contributed by atoms with Crippen molar-refractivity contribution in [2.75, 3.05) is 0 Å². The van der Waals surface area contributed by atoms with Gasteiger partial charge in [-0.15, -0.1) is 0 Å². The van der Waals surface area contributed by atoms with Crippen molar-refractivity contribution in [1.82, 2.24) is 19.1 Å². The fourth-order valence-corrected chi connectivity index (χ4v) is 6.21. The molecule has 0 amide bonds. The maximum absolute atomic E-state index is 6.15. The van der Waals surface area contributed by atoms with Crippen LogP contribution in [0.1, 0.15) is 0 Å². The molecule has 0 unspecified atom stereocenters. The third kappa shape index (κ3) is 3.60. The number of aromatic nitrogens is 4. The summed E-state index contributed by atoms with van der Waals surface area (Å²) in [6.45, 7) is 0. The van der Waals surface area contributed by atoms with Crippen molar-refractivity contribution in [1.29, 1.82) is 0 Å². The average Bonchev–Trinajstić information content (AvgIpc) is 3.71. The molecule has 0 N–H and O–H groups in total. The van der Waals surface area contributed by atoms with Gasteiger partial charge in [-0.3, -0.25) is 4.57 Å². The Morgan fingerprint density at radius 1 is 0.524 bits per heavy atom. The van der Waals surface area contributed by atoms with Crippen LogP contribution in [0.4, 0.5) is 0 Å². The number of oxazole rings is 1. The van der Waals surface area contributed by atoms with Crippen LogP contribution >= 0.6 is 0 Å². The molecule has 0 bridgehead atoms. The largest absolute Gasteiger partial charge is 0.436 e. The number of fused-ring (bicyclic) bond motifs is 7. The van der Waals surface area contributed by atoms with E-state index in [-0.39, 0.29) is 21.1 Å². The molecule has 4 heterocycles. The van der Waals surface area contributed by atoms with Gasteiger partial charge < -0.3 is 8.98 Å². The molecule has 9 aromatic rings. The fourth-order valence-electron chi connectivity index (χ4n) is 6.21. The molecule has 0 spiro atoms. The number of para-hydroxylation sites is 4. The second-order valence-electron chi connectivity index (χ2n) is 10.3. The Bertz CT molecular complexity index is 2400. The zero-order chi connectivity index (χ0) is 26.9. The first kappa shape index (κ1) is 24.8. The van der Waals surface area contributed by atoms with Crippen molar-refractivity contribution in [2.24, 2.45) is 0 Å². The number of rotatable bonds is 3. The number of nitrogens with zero attached hydrogens (tertiary/aromatic N) is 4. The SMILES string of the molecule is [Pt].c1ccc(-n2c3ccccc3c3ccc(-n4c5ccccc5c5ccc(-c6nc7ccccc7o6)cc54)cc32)nc1. The Balaban J connectivity index is 0.00000267. The Kier molecular flexibility index (Phi) is 5.63. The van der Waals surface area contributed by atoms with Crippen molar-refractivity contribution in [3.05, 3.63) is 134 Å². The second-order valence-corrected chi connectivity index (χ2v) is 10.3. The van der Waals surface area contributed by atoms with Gasteiger partial charge in [0, 0.05) is 60.1 Å². The summed E-state index contributed by atoms with van der Waals surface area (Å²) in [5.41, 5.74) is 8.18. The first-order valence-electron chi connectivity index (χ1n) is 13.7. The second kappa shape index (κ2) is 9.54. The summed E-state index contributed by atoms with van der Waals surface area (Å²) in [5, 5.41) is 4.80. The molecule has 42 heavy (non-hydrogen) atoms. The number of hydrogen-bond acceptors (Lipinski definition) is 3. The summed E-state index contributed by atoms with van der Waals surface area (Å²) >= 11 is 0. The average molecular weight is 722 g/mol. The summed E-state index contributed by atoms with van der Waals surface area (Å²) in [7, 11) is 0. The molecular weight excluding hydrogens is 700 g/mol. The Morgan fingerprint density at radius 2 is 1.17 bits per heavy atom. The predicted octanol–water partition coefficient (Wildman–Crippen LogP) is 9.08. The van der Waals surface area contributed by atoms with E-state index in [9.17, 15) is 0 Å². The fraction of sp³-hybridized carbons (Fsp3) is 0. The van der Waals surface area contributed by atoms with Crippen LogP contribution in [0.25, 0.3) is 77.7 Å². The normalized spacial score (nSPS) is 11.6.